The third-order valence-electron chi connectivity index (χ3n) is 6.58. The second-order valence-corrected chi connectivity index (χ2v) is 9.09. The number of hydrogen-bond donors (Lipinski definition) is 2. The van der Waals surface area contributed by atoms with Gasteiger partial charge in [-0.25, -0.2) is 4.98 Å². The van der Waals surface area contributed by atoms with Gasteiger partial charge in [0.2, 0.25) is 5.95 Å². The van der Waals surface area contributed by atoms with Gasteiger partial charge in [0.1, 0.15) is 6.04 Å². The molecule has 5 rings (SSSR count). The van der Waals surface area contributed by atoms with Crippen LogP contribution in [-0.2, 0) is 11.3 Å². The van der Waals surface area contributed by atoms with Gasteiger partial charge in [0.05, 0.1) is 11.4 Å². The van der Waals surface area contributed by atoms with Crippen molar-refractivity contribution >= 4 is 28.7 Å². The Morgan fingerprint density at radius 3 is 2.51 bits per heavy atom. The van der Waals surface area contributed by atoms with Crippen LogP contribution >= 0.6 is 0 Å². The van der Waals surface area contributed by atoms with Crippen molar-refractivity contribution in [2.75, 3.05) is 24.5 Å². The summed E-state index contributed by atoms with van der Waals surface area (Å²) in [5, 5.41) is 6.89. The van der Waals surface area contributed by atoms with E-state index in [9.17, 15) is 14.4 Å². The highest BCUT2D eigenvalue weighted by atomic mass is 16.2. The zero-order chi connectivity index (χ0) is 25.9. The largest absolute Gasteiger partial charge is 0.348 e. The summed E-state index contributed by atoms with van der Waals surface area (Å²) in [6.07, 6.45) is 0. The summed E-state index contributed by atoms with van der Waals surface area (Å²) < 4.78 is 1.52. The molecule has 1 aliphatic rings. The molecule has 1 saturated heterocycles. The number of nitrogens with zero attached hydrogens (tertiary/aromatic N) is 4. The fourth-order valence-electron chi connectivity index (χ4n) is 4.58. The molecule has 0 aliphatic carbocycles. The van der Waals surface area contributed by atoms with E-state index in [1.54, 1.807) is 37.3 Å². The van der Waals surface area contributed by atoms with Crippen LogP contribution in [0.25, 0.3) is 16.7 Å². The number of anilines is 1. The van der Waals surface area contributed by atoms with Gasteiger partial charge in [-0.15, -0.1) is 0 Å². The standard InChI is InChI=1S/C28H28N6O3/c1-18-23-12-13-25(36)34(26(23)32-28(31-18)33-15-14-29-17-24(33)19(2)35)22-10-8-21(9-11-22)27(37)30-16-20-6-4-3-5-7-20/h3-13,24,29H,14-17H2,1-2H3,(H,30,37). The predicted molar refractivity (Wildman–Crippen MR) is 142 cm³/mol. The Morgan fingerprint density at radius 2 is 1.78 bits per heavy atom. The SMILES string of the molecule is CC(=O)C1CNCCN1c1nc(C)c2ccc(=O)n(-c3ccc(C(=O)NCc4ccccc4)cc3)c2n1. The van der Waals surface area contributed by atoms with Crippen molar-refractivity contribution in [2.24, 2.45) is 0 Å². The Kier molecular flexibility index (Phi) is 6.78. The lowest BCUT2D eigenvalue weighted by atomic mass is 10.1. The number of pyridine rings is 1. The van der Waals surface area contributed by atoms with Gasteiger partial charge >= 0.3 is 0 Å². The van der Waals surface area contributed by atoms with Crippen molar-refractivity contribution < 1.29 is 9.59 Å². The first-order chi connectivity index (χ1) is 17.9. The van der Waals surface area contributed by atoms with E-state index < -0.39 is 0 Å². The molecule has 0 radical (unpaired) electrons. The normalized spacial score (nSPS) is 15.5. The molecule has 1 unspecified atom stereocenters. The van der Waals surface area contributed by atoms with Gasteiger partial charge in [0, 0.05) is 43.2 Å². The van der Waals surface area contributed by atoms with Crippen molar-refractivity contribution in [3.05, 3.63) is 93.9 Å². The van der Waals surface area contributed by atoms with E-state index in [-0.39, 0.29) is 23.3 Å². The van der Waals surface area contributed by atoms with Gasteiger partial charge in [-0.05, 0) is 49.7 Å². The zero-order valence-electron chi connectivity index (χ0n) is 20.8. The summed E-state index contributed by atoms with van der Waals surface area (Å²) in [5.74, 6) is 0.248. The van der Waals surface area contributed by atoms with Crippen molar-refractivity contribution in [1.29, 1.82) is 0 Å². The van der Waals surface area contributed by atoms with Gasteiger partial charge in [-0.2, -0.15) is 4.98 Å². The van der Waals surface area contributed by atoms with Crippen molar-refractivity contribution in [2.45, 2.75) is 26.4 Å². The summed E-state index contributed by atoms with van der Waals surface area (Å²) >= 11 is 0. The second kappa shape index (κ2) is 10.3. The quantitative estimate of drug-likeness (QED) is 0.422. The molecule has 1 fully saturated rings. The molecule has 0 bridgehead atoms. The van der Waals surface area contributed by atoms with Crippen molar-refractivity contribution in [3.63, 3.8) is 0 Å². The number of aromatic nitrogens is 3. The minimum atomic E-state index is -0.372. The number of aryl methyl sites for hydroxylation is 1. The summed E-state index contributed by atoms with van der Waals surface area (Å²) in [5.41, 5.74) is 3.01. The monoisotopic (exact) mass is 496 g/mol. The fraction of sp³-hybridized carbons (Fsp3) is 0.250. The van der Waals surface area contributed by atoms with E-state index in [2.05, 4.69) is 15.6 Å². The van der Waals surface area contributed by atoms with Crippen LogP contribution < -0.4 is 21.1 Å². The molecule has 0 saturated carbocycles. The van der Waals surface area contributed by atoms with Crippen LogP contribution in [0.5, 0.6) is 0 Å². The molecule has 2 N–H and O–H groups in total. The van der Waals surface area contributed by atoms with E-state index in [0.29, 0.717) is 54.7 Å². The molecule has 1 aliphatic heterocycles. The molecule has 9 nitrogen and oxygen atoms in total. The first kappa shape index (κ1) is 24.3. The van der Waals surface area contributed by atoms with Crippen LogP contribution in [0.15, 0.2) is 71.5 Å². The molecule has 2 aromatic heterocycles. The highest BCUT2D eigenvalue weighted by Crippen LogP contribution is 2.23. The lowest BCUT2D eigenvalue weighted by molar-refractivity contribution is -0.118. The van der Waals surface area contributed by atoms with Crippen LogP contribution in [0.2, 0.25) is 0 Å². The first-order valence-corrected chi connectivity index (χ1v) is 12.2. The van der Waals surface area contributed by atoms with Crippen LogP contribution in [0.3, 0.4) is 0 Å². The van der Waals surface area contributed by atoms with Crippen molar-refractivity contribution in [3.8, 4) is 5.69 Å². The highest BCUT2D eigenvalue weighted by Gasteiger charge is 2.28. The van der Waals surface area contributed by atoms with Crippen LogP contribution in [0.1, 0.15) is 28.5 Å². The Bertz CT molecular complexity index is 1520. The van der Waals surface area contributed by atoms with E-state index in [1.807, 2.05) is 42.2 Å². The number of carbonyl (C=O) groups is 2. The maximum atomic E-state index is 13.0. The smallest absolute Gasteiger partial charge is 0.256 e. The van der Waals surface area contributed by atoms with Crippen LogP contribution in [0, 0.1) is 6.92 Å². The molecular weight excluding hydrogens is 468 g/mol. The fourth-order valence-corrected chi connectivity index (χ4v) is 4.58. The average Bonchev–Trinajstić information content (AvgIpc) is 2.92. The number of hydrogen-bond acceptors (Lipinski definition) is 7. The second-order valence-electron chi connectivity index (χ2n) is 9.09. The van der Waals surface area contributed by atoms with Gasteiger partial charge < -0.3 is 15.5 Å². The average molecular weight is 497 g/mol. The maximum absolute atomic E-state index is 13.0. The van der Waals surface area contributed by atoms with E-state index >= 15 is 0 Å². The van der Waals surface area contributed by atoms with E-state index in [0.717, 1.165) is 10.9 Å². The number of amides is 1. The summed E-state index contributed by atoms with van der Waals surface area (Å²) in [6.45, 7) is 5.67. The molecule has 1 amide bonds. The van der Waals surface area contributed by atoms with Gasteiger partial charge in [-0.3, -0.25) is 19.0 Å². The molecule has 3 heterocycles. The summed E-state index contributed by atoms with van der Waals surface area (Å²) in [4.78, 5) is 49.3. The van der Waals surface area contributed by atoms with E-state index in [1.165, 1.54) is 10.6 Å². The number of rotatable bonds is 6. The number of fused-ring (bicyclic) bond motifs is 1. The number of ketones is 1. The molecule has 9 heteroatoms. The molecule has 37 heavy (non-hydrogen) atoms. The molecule has 1 atom stereocenters. The number of carbonyl (C=O) groups excluding carboxylic acids is 2. The molecule has 2 aromatic carbocycles. The predicted octanol–water partition coefficient (Wildman–Crippen LogP) is 2.39. The highest BCUT2D eigenvalue weighted by molar-refractivity contribution is 5.94. The first-order valence-electron chi connectivity index (χ1n) is 12.2. The maximum Gasteiger partial charge on any atom is 0.256 e. The summed E-state index contributed by atoms with van der Waals surface area (Å²) in [6, 6.07) is 19.4. The minimum absolute atomic E-state index is 0.0279. The topological polar surface area (TPSA) is 109 Å². The Morgan fingerprint density at radius 1 is 1.03 bits per heavy atom. The lowest BCUT2D eigenvalue weighted by Gasteiger charge is -2.34. The number of piperazine rings is 1. The van der Waals surface area contributed by atoms with Gasteiger partial charge in [0.15, 0.2) is 11.4 Å². The molecule has 188 valence electrons. The van der Waals surface area contributed by atoms with Crippen molar-refractivity contribution in [1.82, 2.24) is 25.2 Å². The van der Waals surface area contributed by atoms with E-state index in [4.69, 9.17) is 4.98 Å². The van der Waals surface area contributed by atoms with Gasteiger partial charge in [-0.1, -0.05) is 30.3 Å². The van der Waals surface area contributed by atoms with Crippen LogP contribution in [-0.4, -0.2) is 51.9 Å². The number of nitrogens with one attached hydrogen (secondary N) is 2. The molecular formula is C28H28N6O3. The van der Waals surface area contributed by atoms with Gasteiger partial charge in [0.25, 0.3) is 11.5 Å². The minimum Gasteiger partial charge on any atom is -0.348 e. The Labute approximate surface area is 214 Å². The number of Topliss-reactive ketones (excluding diaryl/α,β-unsaturated/α-hetero) is 1. The third kappa shape index (κ3) is 4.99. The Hall–Kier alpha value is -4.37. The summed E-state index contributed by atoms with van der Waals surface area (Å²) in [7, 11) is 0. The molecule has 4 aromatic rings. The Balaban J connectivity index is 1.49. The third-order valence-corrected chi connectivity index (χ3v) is 6.58. The number of benzene rings is 2. The zero-order valence-corrected chi connectivity index (χ0v) is 20.8. The molecule has 0 spiro atoms. The van der Waals surface area contributed by atoms with Crippen LogP contribution in [0.4, 0.5) is 5.95 Å². The lowest BCUT2D eigenvalue weighted by Crippen LogP contribution is -2.55.